The number of aromatic hydroxyl groups is 1. The number of benzene rings is 1. The van der Waals surface area contributed by atoms with Crippen LogP contribution in [0.1, 0.15) is 15.2 Å². The lowest BCUT2D eigenvalue weighted by Gasteiger charge is -2.08. The van der Waals surface area contributed by atoms with Crippen molar-refractivity contribution >= 4 is 48.9 Å². The van der Waals surface area contributed by atoms with Gasteiger partial charge in [-0.15, -0.1) is 11.3 Å². The van der Waals surface area contributed by atoms with E-state index in [1.165, 1.54) is 18.2 Å². The molecule has 0 saturated carbocycles. The van der Waals surface area contributed by atoms with Crippen LogP contribution < -0.4 is 4.72 Å². The van der Waals surface area contributed by atoms with Crippen LogP contribution in [0.4, 0.5) is 5.69 Å². The lowest BCUT2D eigenvalue weighted by Crippen LogP contribution is -2.12. The third kappa shape index (κ3) is 3.36. The molecule has 0 fully saturated rings. The zero-order valence-electron chi connectivity index (χ0n) is 10.6. The van der Waals surface area contributed by atoms with Crippen LogP contribution in [0.3, 0.4) is 0 Å². The fraction of sp³-hybridized carbons (Fsp3) is 0.0833. The summed E-state index contributed by atoms with van der Waals surface area (Å²) in [5, 5.41) is 18.3. The lowest BCUT2D eigenvalue weighted by molar-refractivity contribution is 0.0702. The highest BCUT2D eigenvalue weighted by Gasteiger charge is 2.23. The zero-order chi connectivity index (χ0) is 15.8. The van der Waals surface area contributed by atoms with Gasteiger partial charge in [0.05, 0.1) is 3.79 Å². The molecule has 2 rings (SSSR count). The van der Waals surface area contributed by atoms with E-state index in [4.69, 9.17) is 5.11 Å². The summed E-state index contributed by atoms with van der Waals surface area (Å²) >= 11 is 3.88. The number of rotatable bonds is 4. The Morgan fingerprint density at radius 2 is 2.00 bits per heavy atom. The van der Waals surface area contributed by atoms with E-state index in [0.29, 0.717) is 5.56 Å². The monoisotopic (exact) mass is 391 g/mol. The second-order valence-electron chi connectivity index (χ2n) is 4.16. The van der Waals surface area contributed by atoms with Crippen LogP contribution >= 0.6 is 27.3 Å². The van der Waals surface area contributed by atoms with Crippen LogP contribution in [-0.2, 0) is 10.0 Å². The number of hydrogen-bond acceptors (Lipinski definition) is 5. The number of aromatic carboxylic acids is 1. The Balaban J connectivity index is 2.38. The molecule has 0 atom stereocenters. The molecule has 2 aromatic rings. The number of halogens is 1. The quantitative estimate of drug-likeness (QED) is 0.694. The average molecular weight is 392 g/mol. The van der Waals surface area contributed by atoms with Crippen LogP contribution in [0.5, 0.6) is 5.75 Å². The van der Waals surface area contributed by atoms with Gasteiger partial charge in [0.1, 0.15) is 15.5 Å². The molecule has 6 nitrogen and oxygen atoms in total. The normalized spacial score (nSPS) is 11.3. The van der Waals surface area contributed by atoms with E-state index in [2.05, 4.69) is 20.7 Å². The summed E-state index contributed by atoms with van der Waals surface area (Å²) in [5.74, 6) is -1.13. The Morgan fingerprint density at radius 1 is 1.33 bits per heavy atom. The molecule has 0 aliphatic heterocycles. The second-order valence-corrected chi connectivity index (χ2v) is 8.18. The molecule has 3 N–H and O–H groups in total. The smallest absolute Gasteiger partial charge is 0.345 e. The van der Waals surface area contributed by atoms with Crippen molar-refractivity contribution < 1.29 is 23.4 Å². The van der Waals surface area contributed by atoms with Crippen LogP contribution in [-0.4, -0.2) is 24.6 Å². The van der Waals surface area contributed by atoms with Crippen molar-refractivity contribution in [2.24, 2.45) is 0 Å². The van der Waals surface area contributed by atoms with Gasteiger partial charge in [0.2, 0.25) is 0 Å². The molecule has 21 heavy (non-hydrogen) atoms. The maximum Gasteiger partial charge on any atom is 0.345 e. The summed E-state index contributed by atoms with van der Waals surface area (Å²) in [7, 11) is -3.92. The molecule has 9 heteroatoms. The molecule has 0 aliphatic carbocycles. The highest BCUT2D eigenvalue weighted by molar-refractivity contribution is 9.11. The van der Waals surface area contributed by atoms with E-state index in [9.17, 15) is 18.3 Å². The molecule has 0 amide bonds. The van der Waals surface area contributed by atoms with Crippen molar-refractivity contribution in [2.45, 2.75) is 11.8 Å². The van der Waals surface area contributed by atoms with Gasteiger partial charge >= 0.3 is 5.97 Å². The maximum absolute atomic E-state index is 12.3. The molecular formula is C12H10BrNO5S2. The molecule has 0 unspecified atom stereocenters. The predicted molar refractivity (Wildman–Crippen MR) is 82.6 cm³/mol. The van der Waals surface area contributed by atoms with Gasteiger partial charge in [0, 0.05) is 5.69 Å². The summed E-state index contributed by atoms with van der Waals surface area (Å²) in [6.07, 6.45) is 0. The number of nitrogens with one attached hydrogen (secondary N) is 1. The van der Waals surface area contributed by atoms with Crippen molar-refractivity contribution in [3.8, 4) is 5.75 Å². The first-order chi connectivity index (χ1) is 9.70. The molecule has 1 aromatic carbocycles. The van der Waals surface area contributed by atoms with E-state index >= 15 is 0 Å². The molecule has 1 aromatic heterocycles. The van der Waals surface area contributed by atoms with Crippen LogP contribution in [0.15, 0.2) is 32.9 Å². The minimum atomic E-state index is -3.92. The number of aryl methyl sites for hydroxylation is 1. The Bertz CT molecular complexity index is 813. The molecule has 0 radical (unpaired) electrons. The minimum Gasteiger partial charge on any atom is -0.508 e. The third-order valence-corrected chi connectivity index (χ3v) is 6.23. The van der Waals surface area contributed by atoms with E-state index in [-0.39, 0.29) is 25.0 Å². The predicted octanol–water partition coefficient (Wildman–Crippen LogP) is 3.02. The number of phenols is 1. The Hall–Kier alpha value is -1.58. The minimum absolute atomic E-state index is 0.0582. The lowest BCUT2D eigenvalue weighted by atomic mass is 10.2. The van der Waals surface area contributed by atoms with Gasteiger partial charge in [-0.3, -0.25) is 4.72 Å². The van der Waals surface area contributed by atoms with Crippen molar-refractivity contribution in [1.29, 1.82) is 0 Å². The van der Waals surface area contributed by atoms with Gasteiger partial charge in [0.25, 0.3) is 10.0 Å². The SMILES string of the molecule is Cc1cc(NS(=O)(=O)c2cc(C(=O)O)sc2Br)ccc1O. The number of phenolic OH excluding ortho intramolecular Hbond substituents is 1. The molecule has 1 heterocycles. The first-order valence-electron chi connectivity index (χ1n) is 5.56. The Labute approximate surface area is 133 Å². The molecular weight excluding hydrogens is 382 g/mol. The van der Waals surface area contributed by atoms with Crippen molar-refractivity contribution in [2.75, 3.05) is 4.72 Å². The van der Waals surface area contributed by atoms with Gasteiger partial charge in [-0.05, 0) is 52.7 Å². The largest absolute Gasteiger partial charge is 0.508 e. The van der Waals surface area contributed by atoms with Crippen LogP contribution in [0, 0.1) is 6.92 Å². The van der Waals surface area contributed by atoms with Crippen molar-refractivity contribution in [3.63, 3.8) is 0 Å². The summed E-state index contributed by atoms with van der Waals surface area (Å²) in [5.41, 5.74) is 0.797. The topological polar surface area (TPSA) is 104 Å². The van der Waals surface area contributed by atoms with Crippen molar-refractivity contribution in [3.05, 3.63) is 38.5 Å². The number of sulfonamides is 1. The van der Waals surface area contributed by atoms with E-state index in [1.807, 2.05) is 0 Å². The number of carboxylic acids is 1. The van der Waals surface area contributed by atoms with Gasteiger partial charge in [0.15, 0.2) is 0 Å². The number of carboxylic acid groups (broad SMARTS) is 1. The first-order valence-corrected chi connectivity index (χ1v) is 8.65. The molecule has 0 saturated heterocycles. The highest BCUT2D eigenvalue weighted by Crippen LogP contribution is 2.33. The average Bonchev–Trinajstić information content (AvgIpc) is 2.77. The second kappa shape index (κ2) is 5.66. The fourth-order valence-corrected chi connectivity index (χ4v) is 5.02. The van der Waals surface area contributed by atoms with Crippen molar-refractivity contribution in [1.82, 2.24) is 0 Å². The van der Waals surface area contributed by atoms with E-state index in [0.717, 1.165) is 17.4 Å². The van der Waals surface area contributed by atoms with Gasteiger partial charge < -0.3 is 10.2 Å². The summed E-state index contributed by atoms with van der Waals surface area (Å²) in [6.45, 7) is 1.64. The summed E-state index contributed by atoms with van der Waals surface area (Å²) in [4.78, 5) is 10.7. The zero-order valence-corrected chi connectivity index (χ0v) is 13.8. The molecule has 0 spiro atoms. The molecule has 0 aliphatic rings. The van der Waals surface area contributed by atoms with E-state index < -0.39 is 16.0 Å². The Kier molecular flexibility index (Phi) is 4.26. The standard InChI is InChI=1S/C12H10BrNO5S2/c1-6-4-7(2-3-8(6)15)14-21(18,19)10-5-9(12(16)17)20-11(10)13/h2-5,14-15H,1H3,(H,16,17). The summed E-state index contributed by atoms with van der Waals surface area (Å²) < 4.78 is 27.1. The van der Waals surface area contributed by atoms with Gasteiger partial charge in [-0.1, -0.05) is 0 Å². The molecule has 0 bridgehead atoms. The number of anilines is 1. The number of thiophene rings is 1. The maximum atomic E-state index is 12.3. The number of carbonyl (C=O) groups is 1. The van der Waals surface area contributed by atoms with Crippen LogP contribution in [0.25, 0.3) is 0 Å². The Morgan fingerprint density at radius 3 is 2.52 bits per heavy atom. The fourth-order valence-electron chi connectivity index (χ4n) is 1.57. The summed E-state index contributed by atoms with van der Waals surface area (Å²) in [6, 6.07) is 5.36. The van der Waals surface area contributed by atoms with Gasteiger partial charge in [-0.2, -0.15) is 0 Å². The third-order valence-electron chi connectivity index (χ3n) is 2.60. The highest BCUT2D eigenvalue weighted by atomic mass is 79.9. The first kappa shape index (κ1) is 15.8. The molecule has 112 valence electrons. The van der Waals surface area contributed by atoms with Crippen LogP contribution in [0.2, 0.25) is 0 Å². The number of hydrogen-bond donors (Lipinski definition) is 3. The van der Waals surface area contributed by atoms with E-state index in [1.54, 1.807) is 6.92 Å². The van der Waals surface area contributed by atoms with Gasteiger partial charge in [-0.25, -0.2) is 13.2 Å².